The number of epoxide rings is 4. The van der Waals surface area contributed by atoms with Crippen molar-refractivity contribution in [3.63, 3.8) is 0 Å². The summed E-state index contributed by atoms with van der Waals surface area (Å²) in [5.74, 6) is 0. The summed E-state index contributed by atoms with van der Waals surface area (Å²) in [7, 11) is 0. The van der Waals surface area contributed by atoms with Crippen LogP contribution in [0.2, 0.25) is 0 Å². The zero-order valence-electron chi connectivity index (χ0n) is 19.0. The lowest BCUT2D eigenvalue weighted by molar-refractivity contribution is 0.388. The lowest BCUT2D eigenvalue weighted by Crippen LogP contribution is -2.31. The summed E-state index contributed by atoms with van der Waals surface area (Å²) < 4.78 is 21.9. The van der Waals surface area contributed by atoms with Crippen LogP contribution in [0.1, 0.15) is 11.1 Å². The molecule has 0 radical (unpaired) electrons. The van der Waals surface area contributed by atoms with Crippen LogP contribution in [0.4, 0.5) is 11.4 Å². The van der Waals surface area contributed by atoms with Gasteiger partial charge in [0.15, 0.2) is 0 Å². The summed E-state index contributed by atoms with van der Waals surface area (Å²) in [6.45, 7) is 11.7. The molecule has 4 unspecified atom stereocenters. The van der Waals surface area contributed by atoms with E-state index in [4.69, 9.17) is 18.9 Å². The van der Waals surface area contributed by atoms with Gasteiger partial charge in [-0.05, 0) is 60.4 Å². The molecule has 6 rings (SSSR count). The third-order valence-electron chi connectivity index (χ3n) is 6.75. The fourth-order valence-electron chi connectivity index (χ4n) is 4.54. The van der Waals surface area contributed by atoms with Crippen molar-refractivity contribution in [2.75, 3.05) is 62.4 Å². The number of hydrogen-bond donors (Lipinski definition) is 0. The van der Waals surface area contributed by atoms with Crippen molar-refractivity contribution >= 4 is 11.4 Å². The van der Waals surface area contributed by atoms with Gasteiger partial charge < -0.3 is 28.7 Å². The van der Waals surface area contributed by atoms with E-state index in [1.54, 1.807) is 0 Å². The zero-order chi connectivity index (χ0) is 21.7. The third kappa shape index (κ3) is 4.94. The Morgan fingerprint density at radius 2 is 0.906 bits per heavy atom. The average Bonchev–Trinajstić information content (AvgIpc) is 3.61. The molecule has 4 saturated heterocycles. The van der Waals surface area contributed by atoms with Gasteiger partial charge in [-0.2, -0.15) is 0 Å². The highest BCUT2D eigenvalue weighted by Crippen LogP contribution is 2.34. The lowest BCUT2D eigenvalue weighted by Gasteiger charge is -2.25. The highest BCUT2D eigenvalue weighted by atomic mass is 16.6. The van der Waals surface area contributed by atoms with Crippen molar-refractivity contribution < 1.29 is 18.9 Å². The van der Waals surface area contributed by atoms with E-state index in [2.05, 4.69) is 60.0 Å². The first-order valence-corrected chi connectivity index (χ1v) is 11.8. The van der Waals surface area contributed by atoms with Gasteiger partial charge in [-0.15, -0.1) is 0 Å². The van der Waals surface area contributed by atoms with Gasteiger partial charge in [-0.3, -0.25) is 0 Å². The molecule has 4 aliphatic rings. The molecule has 2 aromatic rings. The number of nitrogens with zero attached hydrogens (tertiary/aromatic N) is 2. The second-order valence-corrected chi connectivity index (χ2v) is 9.63. The minimum atomic E-state index is 0.369. The molecule has 2 aromatic carbocycles. The Labute approximate surface area is 190 Å². The second kappa shape index (κ2) is 8.34. The molecule has 32 heavy (non-hydrogen) atoms. The molecule has 6 nitrogen and oxygen atoms in total. The second-order valence-electron chi connectivity index (χ2n) is 9.63. The van der Waals surface area contributed by atoms with Crippen LogP contribution >= 0.6 is 0 Å². The fourth-order valence-corrected chi connectivity index (χ4v) is 4.54. The van der Waals surface area contributed by atoms with Crippen molar-refractivity contribution in [2.24, 2.45) is 0 Å². The van der Waals surface area contributed by atoms with Crippen molar-refractivity contribution in [1.29, 1.82) is 0 Å². The van der Waals surface area contributed by atoms with Crippen molar-refractivity contribution in [3.05, 3.63) is 47.5 Å². The van der Waals surface area contributed by atoms with Crippen molar-refractivity contribution in [2.45, 2.75) is 38.3 Å². The Bertz CT molecular complexity index is 872. The van der Waals surface area contributed by atoms with Crippen LogP contribution in [0.3, 0.4) is 0 Å². The Morgan fingerprint density at radius 3 is 1.16 bits per heavy atom. The van der Waals surface area contributed by atoms with Gasteiger partial charge in [0, 0.05) is 37.6 Å². The van der Waals surface area contributed by atoms with Crippen molar-refractivity contribution in [1.82, 2.24) is 0 Å². The maximum atomic E-state index is 5.49. The molecule has 0 amide bonds. The van der Waals surface area contributed by atoms with E-state index in [-0.39, 0.29) is 0 Å². The summed E-state index contributed by atoms with van der Waals surface area (Å²) in [6, 6.07) is 13.7. The molecule has 170 valence electrons. The molecule has 0 bridgehead atoms. The number of anilines is 2. The number of ether oxygens (including phenoxy) is 4. The first-order valence-electron chi connectivity index (χ1n) is 11.8. The fraction of sp³-hybridized carbons (Fsp3) is 0.538. The minimum absolute atomic E-state index is 0.369. The van der Waals surface area contributed by atoms with Crippen LogP contribution in [0.5, 0.6) is 0 Å². The molecule has 0 N–H and O–H groups in total. The van der Waals surface area contributed by atoms with Gasteiger partial charge in [0.05, 0.1) is 50.8 Å². The average molecular weight is 437 g/mol. The normalized spacial score (nSPS) is 27.2. The van der Waals surface area contributed by atoms with Crippen LogP contribution in [-0.2, 0) is 18.9 Å². The maximum Gasteiger partial charge on any atom is 0.0984 e. The van der Waals surface area contributed by atoms with E-state index in [0.29, 0.717) is 24.4 Å². The number of hydrogen-bond acceptors (Lipinski definition) is 6. The summed E-state index contributed by atoms with van der Waals surface area (Å²) in [5, 5.41) is 0. The van der Waals surface area contributed by atoms with E-state index in [0.717, 1.165) is 52.6 Å². The number of benzene rings is 2. The Morgan fingerprint density at radius 1 is 0.594 bits per heavy atom. The molecule has 4 fully saturated rings. The van der Waals surface area contributed by atoms with E-state index in [1.165, 1.54) is 33.6 Å². The largest absolute Gasteiger partial charge is 0.371 e. The SMILES string of the molecule is Cc1cc(N(CC2CO2)CC2CO2)ccc1-c1ccc(N(CC2CO2)CC2CO2)cc1C. The molecule has 4 aliphatic heterocycles. The molecular weight excluding hydrogens is 404 g/mol. The van der Waals surface area contributed by atoms with Gasteiger partial charge in [-0.25, -0.2) is 0 Å². The molecule has 0 saturated carbocycles. The van der Waals surface area contributed by atoms with Gasteiger partial charge in [0.2, 0.25) is 0 Å². The van der Waals surface area contributed by atoms with E-state index >= 15 is 0 Å². The highest BCUT2D eigenvalue weighted by Gasteiger charge is 2.32. The van der Waals surface area contributed by atoms with E-state index in [1.807, 2.05) is 0 Å². The van der Waals surface area contributed by atoms with Crippen LogP contribution < -0.4 is 9.80 Å². The lowest BCUT2D eigenvalue weighted by atomic mass is 9.95. The quantitative estimate of drug-likeness (QED) is 0.505. The van der Waals surface area contributed by atoms with Crippen molar-refractivity contribution in [3.8, 4) is 11.1 Å². The van der Waals surface area contributed by atoms with Gasteiger partial charge in [0.25, 0.3) is 0 Å². The Kier molecular flexibility index (Phi) is 5.34. The van der Waals surface area contributed by atoms with Gasteiger partial charge >= 0.3 is 0 Å². The Hall–Kier alpha value is -2.12. The molecule has 0 aliphatic carbocycles. The smallest absolute Gasteiger partial charge is 0.0984 e. The summed E-state index contributed by atoms with van der Waals surface area (Å²) in [5.41, 5.74) is 7.70. The van der Waals surface area contributed by atoms with E-state index < -0.39 is 0 Å². The first-order chi connectivity index (χ1) is 15.6. The first kappa shape index (κ1) is 20.5. The molecule has 4 heterocycles. The van der Waals surface area contributed by atoms with Gasteiger partial charge in [-0.1, -0.05) is 12.1 Å². The number of rotatable bonds is 11. The molecule has 6 heteroatoms. The summed E-state index contributed by atoms with van der Waals surface area (Å²) >= 11 is 0. The van der Waals surface area contributed by atoms with Crippen LogP contribution in [0, 0.1) is 13.8 Å². The molecule has 0 spiro atoms. The number of aryl methyl sites for hydroxylation is 2. The molecule has 0 aromatic heterocycles. The monoisotopic (exact) mass is 436 g/mol. The topological polar surface area (TPSA) is 56.6 Å². The predicted molar refractivity (Wildman–Crippen MR) is 125 cm³/mol. The Balaban J connectivity index is 1.22. The zero-order valence-corrected chi connectivity index (χ0v) is 19.0. The summed E-state index contributed by atoms with van der Waals surface area (Å²) in [4.78, 5) is 4.83. The molecule has 4 atom stereocenters. The van der Waals surface area contributed by atoms with E-state index in [9.17, 15) is 0 Å². The minimum Gasteiger partial charge on any atom is -0.371 e. The molecular formula is C26H32N2O4. The van der Waals surface area contributed by atoms with Crippen LogP contribution in [0.15, 0.2) is 36.4 Å². The predicted octanol–water partition coefficient (Wildman–Crippen LogP) is 3.18. The third-order valence-corrected chi connectivity index (χ3v) is 6.75. The van der Waals surface area contributed by atoms with Gasteiger partial charge in [0.1, 0.15) is 0 Å². The summed E-state index contributed by atoms with van der Waals surface area (Å²) in [6.07, 6.45) is 1.48. The standard InChI is InChI=1S/C26H32N2O4/c1-17-7-19(27(9-21-13-29-21)10-22-14-30-22)3-5-25(17)26-6-4-20(8-18(26)2)28(11-23-15-31-23)12-24-16-32-24/h3-8,21-24H,9-16H2,1-2H3. The van der Waals surface area contributed by atoms with Crippen LogP contribution in [0.25, 0.3) is 11.1 Å². The highest BCUT2D eigenvalue weighted by molar-refractivity contribution is 5.75. The maximum absolute atomic E-state index is 5.49. The van der Waals surface area contributed by atoms with Crippen LogP contribution in [-0.4, -0.2) is 77.0 Å².